The summed E-state index contributed by atoms with van der Waals surface area (Å²) in [7, 11) is 0. The first-order valence-corrected chi connectivity index (χ1v) is 6.95. The van der Waals surface area contributed by atoms with E-state index in [1.165, 1.54) is 35.1 Å². The fourth-order valence-corrected chi connectivity index (χ4v) is 1.93. The Bertz CT molecular complexity index is 640. The van der Waals surface area contributed by atoms with Gasteiger partial charge in [-0.3, -0.25) is 4.79 Å². The van der Waals surface area contributed by atoms with Crippen LogP contribution in [0.25, 0.3) is 5.69 Å². The van der Waals surface area contributed by atoms with Gasteiger partial charge in [0, 0.05) is 13.2 Å². The fraction of sp³-hybridized carbons (Fsp3) is 0.333. The van der Waals surface area contributed by atoms with Crippen molar-refractivity contribution in [3.8, 4) is 11.4 Å². The third-order valence-electron chi connectivity index (χ3n) is 3.23. The molecule has 1 atom stereocenters. The van der Waals surface area contributed by atoms with E-state index in [4.69, 9.17) is 5.11 Å². The number of rotatable bonds is 6. The number of amides is 1. The summed E-state index contributed by atoms with van der Waals surface area (Å²) in [4.78, 5) is 12.0. The molecule has 7 heteroatoms. The zero-order valence-electron chi connectivity index (χ0n) is 12.2. The molecule has 0 saturated carbocycles. The molecule has 0 radical (unpaired) electrons. The average Bonchev–Trinajstić information content (AvgIpc) is 2.88. The largest absolute Gasteiger partial charge is 0.504 e. The Labute approximate surface area is 127 Å². The van der Waals surface area contributed by atoms with Crippen molar-refractivity contribution < 1.29 is 19.4 Å². The molecule has 1 amide bonds. The minimum absolute atomic E-state index is 0.0570. The number of nitrogens with one attached hydrogen (secondary N) is 1. The fourth-order valence-electron chi connectivity index (χ4n) is 1.93. The first kappa shape index (κ1) is 16.0. The number of hydrogen-bond donors (Lipinski definition) is 3. The number of carbonyl (C=O) groups is 1. The van der Waals surface area contributed by atoms with E-state index in [1.54, 1.807) is 0 Å². The van der Waals surface area contributed by atoms with Gasteiger partial charge in [-0.15, -0.1) is 0 Å². The van der Waals surface area contributed by atoms with E-state index in [1.807, 2.05) is 6.92 Å². The summed E-state index contributed by atoms with van der Waals surface area (Å²) in [5.74, 6) is -1.01. The summed E-state index contributed by atoms with van der Waals surface area (Å²) in [6.07, 6.45) is 1.87. The van der Waals surface area contributed by atoms with Crippen LogP contribution in [0.4, 0.5) is 4.39 Å². The highest BCUT2D eigenvalue weighted by atomic mass is 19.1. The van der Waals surface area contributed by atoms with Crippen LogP contribution < -0.4 is 5.32 Å². The molecule has 2 aromatic rings. The Balaban J connectivity index is 2.09. The Morgan fingerprint density at radius 2 is 2.09 bits per heavy atom. The van der Waals surface area contributed by atoms with Gasteiger partial charge in [0.25, 0.3) is 5.91 Å². The number of carbonyl (C=O) groups excluding carboxylic acids is 1. The molecule has 6 nitrogen and oxygen atoms in total. The van der Waals surface area contributed by atoms with Crippen molar-refractivity contribution in [3.63, 3.8) is 0 Å². The quantitative estimate of drug-likeness (QED) is 0.754. The van der Waals surface area contributed by atoms with E-state index in [-0.39, 0.29) is 29.8 Å². The van der Waals surface area contributed by atoms with Gasteiger partial charge >= 0.3 is 0 Å². The zero-order valence-corrected chi connectivity index (χ0v) is 12.2. The topological polar surface area (TPSA) is 87.4 Å². The van der Waals surface area contributed by atoms with E-state index < -0.39 is 5.91 Å². The van der Waals surface area contributed by atoms with Crippen molar-refractivity contribution in [2.24, 2.45) is 5.92 Å². The van der Waals surface area contributed by atoms with Gasteiger partial charge in [0.2, 0.25) is 0 Å². The van der Waals surface area contributed by atoms with Crippen molar-refractivity contribution in [1.29, 1.82) is 0 Å². The van der Waals surface area contributed by atoms with Crippen LogP contribution in [0.2, 0.25) is 0 Å². The van der Waals surface area contributed by atoms with Gasteiger partial charge in [-0.25, -0.2) is 9.07 Å². The molecule has 0 bridgehead atoms. The van der Waals surface area contributed by atoms with Crippen molar-refractivity contribution in [2.45, 2.75) is 13.3 Å². The molecule has 1 unspecified atom stereocenters. The third kappa shape index (κ3) is 3.82. The van der Waals surface area contributed by atoms with Crippen LogP contribution >= 0.6 is 0 Å². The Kier molecular flexibility index (Phi) is 5.11. The van der Waals surface area contributed by atoms with Crippen molar-refractivity contribution in [3.05, 3.63) is 42.0 Å². The minimum Gasteiger partial charge on any atom is -0.504 e. The van der Waals surface area contributed by atoms with E-state index in [2.05, 4.69) is 10.4 Å². The predicted molar refractivity (Wildman–Crippen MR) is 78.4 cm³/mol. The first-order valence-electron chi connectivity index (χ1n) is 6.95. The normalized spacial score (nSPS) is 12.1. The highest BCUT2D eigenvalue weighted by Gasteiger charge is 2.17. The lowest BCUT2D eigenvalue weighted by atomic mass is 10.1. The van der Waals surface area contributed by atoms with Gasteiger partial charge in [0.15, 0.2) is 11.4 Å². The van der Waals surface area contributed by atoms with Crippen LogP contribution in [0.15, 0.2) is 30.5 Å². The van der Waals surface area contributed by atoms with Gasteiger partial charge < -0.3 is 15.5 Å². The highest BCUT2D eigenvalue weighted by Crippen LogP contribution is 2.18. The Hall–Kier alpha value is -2.41. The maximum Gasteiger partial charge on any atom is 0.275 e. The number of hydrogen-bond acceptors (Lipinski definition) is 4. The van der Waals surface area contributed by atoms with Crippen LogP contribution in [0.1, 0.15) is 23.8 Å². The summed E-state index contributed by atoms with van der Waals surface area (Å²) < 4.78 is 14.2. The lowest BCUT2D eigenvalue weighted by molar-refractivity contribution is 0.0937. The van der Waals surface area contributed by atoms with Gasteiger partial charge in [-0.1, -0.05) is 6.92 Å². The second-order valence-corrected chi connectivity index (χ2v) is 5.11. The van der Waals surface area contributed by atoms with Gasteiger partial charge in [0.1, 0.15) is 5.82 Å². The maximum atomic E-state index is 12.9. The lowest BCUT2D eigenvalue weighted by Gasteiger charge is -2.10. The molecule has 0 saturated heterocycles. The molecule has 0 spiro atoms. The van der Waals surface area contributed by atoms with E-state index in [0.717, 1.165) is 0 Å². The number of aromatic nitrogens is 2. The molecule has 22 heavy (non-hydrogen) atoms. The molecule has 0 fully saturated rings. The second-order valence-electron chi connectivity index (χ2n) is 5.11. The number of benzene rings is 1. The molecular formula is C15H18FN3O3. The average molecular weight is 307 g/mol. The zero-order chi connectivity index (χ0) is 16.1. The minimum atomic E-state index is -0.497. The molecule has 118 valence electrons. The van der Waals surface area contributed by atoms with Crippen molar-refractivity contribution in [1.82, 2.24) is 15.1 Å². The summed E-state index contributed by atoms with van der Waals surface area (Å²) in [5, 5.41) is 25.3. The highest BCUT2D eigenvalue weighted by molar-refractivity contribution is 5.94. The number of halogens is 1. The number of aromatic hydroxyl groups is 1. The van der Waals surface area contributed by atoms with Crippen LogP contribution in [0.3, 0.4) is 0 Å². The van der Waals surface area contributed by atoms with Gasteiger partial charge in [-0.05, 0) is 36.6 Å². The van der Waals surface area contributed by atoms with E-state index in [0.29, 0.717) is 18.7 Å². The van der Waals surface area contributed by atoms with Crippen LogP contribution in [0, 0.1) is 11.7 Å². The summed E-state index contributed by atoms with van der Waals surface area (Å²) in [6, 6.07) is 5.52. The van der Waals surface area contributed by atoms with Gasteiger partial charge in [0.05, 0.1) is 11.9 Å². The number of nitrogens with zero attached hydrogens (tertiary/aromatic N) is 2. The first-order chi connectivity index (χ1) is 10.5. The third-order valence-corrected chi connectivity index (χ3v) is 3.23. The van der Waals surface area contributed by atoms with Gasteiger partial charge in [-0.2, -0.15) is 5.10 Å². The van der Waals surface area contributed by atoms with E-state index >= 15 is 0 Å². The Morgan fingerprint density at radius 1 is 1.41 bits per heavy atom. The van der Waals surface area contributed by atoms with Crippen LogP contribution in [-0.4, -0.2) is 39.1 Å². The van der Waals surface area contributed by atoms with Crippen molar-refractivity contribution >= 4 is 5.91 Å². The SMILES string of the molecule is CC(CCO)CNC(=O)c1nn(-c2ccc(F)cc2)cc1O. The standard InChI is InChI=1S/C15H18FN3O3/c1-10(6-7-20)8-17-15(22)14-13(21)9-19(18-14)12-4-2-11(16)3-5-12/h2-5,9-10,20-21H,6-8H2,1H3,(H,17,22). The van der Waals surface area contributed by atoms with Crippen molar-refractivity contribution in [2.75, 3.05) is 13.2 Å². The molecule has 0 aliphatic heterocycles. The maximum absolute atomic E-state index is 12.9. The van der Waals surface area contributed by atoms with E-state index in [9.17, 15) is 14.3 Å². The monoisotopic (exact) mass is 307 g/mol. The lowest BCUT2D eigenvalue weighted by Crippen LogP contribution is -2.29. The molecule has 1 aromatic carbocycles. The van der Waals surface area contributed by atoms with Crippen LogP contribution in [0.5, 0.6) is 5.75 Å². The molecular weight excluding hydrogens is 289 g/mol. The molecule has 0 aliphatic carbocycles. The summed E-state index contributed by atoms with van der Waals surface area (Å²) in [5.41, 5.74) is 0.435. The second kappa shape index (κ2) is 7.04. The molecule has 3 N–H and O–H groups in total. The smallest absolute Gasteiger partial charge is 0.275 e. The Morgan fingerprint density at radius 3 is 2.73 bits per heavy atom. The number of aliphatic hydroxyl groups is 1. The summed E-state index contributed by atoms with van der Waals surface area (Å²) >= 11 is 0. The molecule has 2 rings (SSSR count). The molecule has 1 heterocycles. The van der Waals surface area contributed by atoms with Crippen LogP contribution in [-0.2, 0) is 0 Å². The number of aliphatic hydroxyl groups excluding tert-OH is 1. The molecule has 0 aliphatic rings. The predicted octanol–water partition coefficient (Wildman–Crippen LogP) is 1.47. The molecule has 1 aromatic heterocycles. The summed E-state index contributed by atoms with van der Waals surface area (Å²) in [6.45, 7) is 2.33.